The number of aliphatic hydroxyl groups is 2. The Morgan fingerprint density at radius 3 is 1.74 bits per heavy atom. The van der Waals surface area contributed by atoms with E-state index in [9.17, 15) is 19.8 Å². The molecule has 0 aliphatic heterocycles. The van der Waals surface area contributed by atoms with Gasteiger partial charge >= 0.3 is 6.09 Å². The van der Waals surface area contributed by atoms with Crippen LogP contribution in [-0.2, 0) is 35.6 Å². The highest BCUT2D eigenvalue weighted by atomic mass is 16.6. The van der Waals surface area contributed by atoms with Gasteiger partial charge in [-0.1, -0.05) is 69.3 Å². The first kappa shape index (κ1) is 45.6. The van der Waals surface area contributed by atoms with E-state index in [1.807, 2.05) is 73.7 Å². The van der Waals surface area contributed by atoms with Gasteiger partial charge in [-0.25, -0.2) is 9.79 Å². The molecular weight excluding hydrogens is 725 g/mol. The number of nitrogen functional groups attached to an aromatic ring is 1. The molecule has 0 radical (unpaired) electrons. The van der Waals surface area contributed by atoms with Crippen LogP contribution in [-0.4, -0.2) is 52.1 Å². The number of hydrogen-bond acceptors (Lipinski definition) is 9. The van der Waals surface area contributed by atoms with Crippen LogP contribution in [0, 0.1) is 5.41 Å². The molecule has 0 aliphatic carbocycles. The molecule has 0 bridgehead atoms. The van der Waals surface area contributed by atoms with Crippen LogP contribution < -0.4 is 37.3 Å². The number of rotatable bonds is 15. The number of nitrogens with zero attached hydrogens (tertiary/aromatic N) is 1. The molecule has 2 atom stereocenters. The highest BCUT2D eigenvalue weighted by molar-refractivity contribution is 5.79. The molecule has 4 aromatic carbocycles. The van der Waals surface area contributed by atoms with Crippen molar-refractivity contribution in [3.05, 3.63) is 119 Å². The van der Waals surface area contributed by atoms with E-state index in [0.717, 1.165) is 34.5 Å². The number of benzene rings is 4. The summed E-state index contributed by atoms with van der Waals surface area (Å²) in [6.45, 7) is 14.2. The van der Waals surface area contributed by atoms with Crippen molar-refractivity contribution >= 4 is 29.3 Å². The zero-order valence-electron chi connectivity index (χ0n) is 34.1. The summed E-state index contributed by atoms with van der Waals surface area (Å²) < 4.78 is 16.7. The van der Waals surface area contributed by atoms with Gasteiger partial charge in [-0.15, -0.1) is 0 Å². The predicted octanol–water partition coefficient (Wildman–Crippen LogP) is 6.25. The number of carbonyl (C=O) groups excluding carboxylic acids is 2. The fourth-order valence-electron chi connectivity index (χ4n) is 5.48. The maximum atomic E-state index is 12.0. The van der Waals surface area contributed by atoms with Gasteiger partial charge in [0.1, 0.15) is 30.3 Å². The van der Waals surface area contributed by atoms with Gasteiger partial charge < -0.3 is 52.3 Å². The van der Waals surface area contributed by atoms with E-state index >= 15 is 0 Å². The SMILES string of the molecule is CC(C)(C)OC(=O)NC(Cc1ccc(OCc2cccc(N=C(N)N)c2)cc1)C(O)O.CC(Cc1ccc(OCc2cccc(N)c2)cc1)NC(=O)CC(C)(C)C. The molecule has 4 aromatic rings. The second kappa shape index (κ2) is 21.5. The Hall–Kier alpha value is -5.79. The first-order chi connectivity index (χ1) is 26.7. The molecule has 4 rings (SSSR count). The van der Waals surface area contributed by atoms with Crippen molar-refractivity contribution in [2.75, 3.05) is 5.73 Å². The van der Waals surface area contributed by atoms with Crippen LogP contribution in [0.3, 0.4) is 0 Å². The molecule has 0 aromatic heterocycles. The second-order valence-corrected chi connectivity index (χ2v) is 16.1. The lowest BCUT2D eigenvalue weighted by Crippen LogP contribution is -2.46. The van der Waals surface area contributed by atoms with Crippen molar-refractivity contribution < 1.29 is 34.0 Å². The Balaban J connectivity index is 0.000000310. The lowest BCUT2D eigenvalue weighted by atomic mass is 9.92. The topological polar surface area (TPSA) is 217 Å². The number of aliphatic imine (C=N–C) groups is 1. The summed E-state index contributed by atoms with van der Waals surface area (Å²) in [5, 5.41) is 24.7. The first-order valence-electron chi connectivity index (χ1n) is 18.8. The summed E-state index contributed by atoms with van der Waals surface area (Å²) in [7, 11) is 0. The predicted molar refractivity (Wildman–Crippen MR) is 225 cm³/mol. The Bertz CT molecular complexity index is 1880. The van der Waals surface area contributed by atoms with E-state index in [4.69, 9.17) is 31.4 Å². The number of ether oxygens (including phenoxy) is 3. The molecule has 0 aliphatic rings. The van der Waals surface area contributed by atoms with E-state index in [0.29, 0.717) is 31.1 Å². The van der Waals surface area contributed by atoms with Crippen molar-refractivity contribution in [2.24, 2.45) is 21.9 Å². The molecule has 0 saturated heterocycles. The van der Waals surface area contributed by atoms with Gasteiger partial charge in [0.25, 0.3) is 0 Å². The minimum absolute atomic E-state index is 0.00616. The molecule has 2 unspecified atom stereocenters. The number of nitrogens with one attached hydrogen (secondary N) is 2. The number of alkyl carbamates (subject to hydrolysis) is 1. The average Bonchev–Trinajstić information content (AvgIpc) is 3.09. The van der Waals surface area contributed by atoms with E-state index in [-0.39, 0.29) is 29.7 Å². The van der Waals surface area contributed by atoms with E-state index in [1.165, 1.54) is 5.56 Å². The molecule has 0 fully saturated rings. The molecule has 2 amide bonds. The quantitative estimate of drug-likeness (QED) is 0.0311. The number of hydrogen-bond donors (Lipinski definition) is 7. The van der Waals surface area contributed by atoms with Gasteiger partial charge in [-0.05, 0) is 117 Å². The molecule has 10 N–H and O–H groups in total. The Kier molecular flexibility index (Phi) is 17.2. The van der Waals surface area contributed by atoms with Crippen LogP contribution >= 0.6 is 0 Å². The highest BCUT2D eigenvalue weighted by Crippen LogP contribution is 2.21. The van der Waals surface area contributed by atoms with E-state index in [2.05, 4.69) is 36.4 Å². The van der Waals surface area contributed by atoms with Crippen LogP contribution in [0.25, 0.3) is 0 Å². The van der Waals surface area contributed by atoms with Crippen molar-refractivity contribution in [2.45, 2.75) is 105 Å². The lowest BCUT2D eigenvalue weighted by molar-refractivity contribution is -0.123. The number of nitrogens with two attached hydrogens (primary N) is 3. The molecule has 0 saturated carbocycles. The van der Waals surface area contributed by atoms with Crippen LogP contribution in [0.1, 0.15) is 77.1 Å². The van der Waals surface area contributed by atoms with Gasteiger partial charge in [0.05, 0.1) is 11.7 Å². The average molecular weight is 785 g/mol. The third-order valence-electron chi connectivity index (χ3n) is 7.94. The standard InChI is InChI=1S/C22H30N4O5.C22H30N2O2/c1-22(2,3)31-21(29)26-18(19(27)28)12-14-7-9-17(10-8-14)30-13-15-5-4-6-16(11-15)25-20(23)24;1-16(24-21(25)14-22(2,3)4)12-17-8-10-20(11-9-17)26-15-18-6-5-7-19(23)13-18/h4-11,18-19,27-28H,12-13H2,1-3H3,(H,26,29)(H4,23,24,25);5-11,13,16H,12,14-15,23H2,1-4H3,(H,24,25). The normalized spacial score (nSPS) is 12.3. The maximum Gasteiger partial charge on any atom is 0.408 e. The zero-order valence-corrected chi connectivity index (χ0v) is 34.1. The maximum absolute atomic E-state index is 12.0. The summed E-state index contributed by atoms with van der Waals surface area (Å²) in [5.74, 6) is 1.55. The Morgan fingerprint density at radius 1 is 0.719 bits per heavy atom. The van der Waals surface area contributed by atoms with Crippen LogP contribution in [0.5, 0.6) is 11.5 Å². The number of anilines is 1. The van der Waals surface area contributed by atoms with Gasteiger partial charge in [-0.3, -0.25) is 4.79 Å². The molecule has 0 spiro atoms. The number of guanidine groups is 1. The van der Waals surface area contributed by atoms with Crippen molar-refractivity contribution in [3.8, 4) is 11.5 Å². The number of aliphatic hydroxyl groups excluding tert-OH is 1. The minimum Gasteiger partial charge on any atom is -0.489 e. The van der Waals surface area contributed by atoms with Crippen LogP contribution in [0.4, 0.5) is 16.2 Å². The zero-order chi connectivity index (χ0) is 42.2. The first-order valence-corrected chi connectivity index (χ1v) is 18.8. The third-order valence-corrected chi connectivity index (χ3v) is 7.94. The fourth-order valence-corrected chi connectivity index (χ4v) is 5.48. The fraction of sp³-hybridized carbons (Fsp3) is 0.386. The minimum atomic E-state index is -1.74. The van der Waals surface area contributed by atoms with Crippen molar-refractivity contribution in [1.29, 1.82) is 0 Å². The van der Waals surface area contributed by atoms with Gasteiger partial charge in [0.15, 0.2) is 12.2 Å². The molecule has 13 heteroatoms. The number of amides is 2. The Labute approximate surface area is 336 Å². The lowest BCUT2D eigenvalue weighted by Gasteiger charge is -2.24. The molecular formula is C44H60N6O7. The molecule has 0 heterocycles. The summed E-state index contributed by atoms with van der Waals surface area (Å²) in [6, 6.07) is 29.3. The van der Waals surface area contributed by atoms with Crippen molar-refractivity contribution in [1.82, 2.24) is 10.6 Å². The summed E-state index contributed by atoms with van der Waals surface area (Å²) in [6.07, 6.45) is -0.911. The molecule has 57 heavy (non-hydrogen) atoms. The second-order valence-electron chi connectivity index (χ2n) is 16.1. The molecule has 308 valence electrons. The number of carbonyl (C=O) groups is 2. The van der Waals surface area contributed by atoms with Gasteiger partial charge in [0.2, 0.25) is 5.91 Å². The monoisotopic (exact) mass is 784 g/mol. The van der Waals surface area contributed by atoms with Crippen LogP contribution in [0.2, 0.25) is 0 Å². The third kappa shape index (κ3) is 19.1. The van der Waals surface area contributed by atoms with Crippen LogP contribution in [0.15, 0.2) is 102 Å². The Morgan fingerprint density at radius 2 is 1.25 bits per heavy atom. The summed E-state index contributed by atoms with van der Waals surface area (Å²) in [5.41, 5.74) is 21.2. The summed E-state index contributed by atoms with van der Waals surface area (Å²) >= 11 is 0. The highest BCUT2D eigenvalue weighted by Gasteiger charge is 2.24. The smallest absolute Gasteiger partial charge is 0.408 e. The molecule has 13 nitrogen and oxygen atoms in total. The summed E-state index contributed by atoms with van der Waals surface area (Å²) in [4.78, 5) is 27.9. The largest absolute Gasteiger partial charge is 0.489 e. The van der Waals surface area contributed by atoms with Gasteiger partial charge in [-0.2, -0.15) is 0 Å². The van der Waals surface area contributed by atoms with E-state index < -0.39 is 24.0 Å². The van der Waals surface area contributed by atoms with Gasteiger partial charge in [0, 0.05) is 18.2 Å². The van der Waals surface area contributed by atoms with E-state index in [1.54, 1.807) is 51.1 Å². The van der Waals surface area contributed by atoms with Crippen molar-refractivity contribution in [3.63, 3.8) is 0 Å².